The molecular weight excluding hydrogens is 206 g/mol. The highest BCUT2D eigenvalue weighted by Crippen LogP contribution is 2.37. The van der Waals surface area contributed by atoms with Crippen molar-refractivity contribution in [2.45, 2.75) is 45.4 Å². The van der Waals surface area contributed by atoms with Crippen LogP contribution in [0.25, 0.3) is 0 Å². The zero-order chi connectivity index (χ0) is 12.4. The number of aryl methyl sites for hydroxylation is 1. The van der Waals surface area contributed by atoms with Crippen molar-refractivity contribution in [3.05, 3.63) is 34.9 Å². The van der Waals surface area contributed by atoms with Gasteiger partial charge in [0.05, 0.1) is 0 Å². The largest absolute Gasteiger partial charge is 0.319 e. The summed E-state index contributed by atoms with van der Waals surface area (Å²) in [6.07, 6.45) is 2.59. The fraction of sp³-hybridized carbons (Fsp3) is 0.625. The van der Waals surface area contributed by atoms with Crippen molar-refractivity contribution in [2.75, 3.05) is 13.6 Å². The van der Waals surface area contributed by atoms with Gasteiger partial charge in [-0.25, -0.2) is 0 Å². The summed E-state index contributed by atoms with van der Waals surface area (Å²) in [7, 11) is 2.06. The number of hydrogen-bond donors (Lipinski definition) is 1. The second kappa shape index (κ2) is 5.22. The van der Waals surface area contributed by atoms with Crippen LogP contribution in [0.3, 0.4) is 0 Å². The van der Waals surface area contributed by atoms with Gasteiger partial charge in [-0.1, -0.05) is 39.0 Å². The van der Waals surface area contributed by atoms with Crippen molar-refractivity contribution in [1.29, 1.82) is 0 Å². The summed E-state index contributed by atoms with van der Waals surface area (Å²) in [5, 5.41) is 3.36. The third-order valence-electron chi connectivity index (χ3n) is 4.22. The van der Waals surface area contributed by atoms with Gasteiger partial charge in [-0.15, -0.1) is 0 Å². The molecule has 0 amide bonds. The molecular formula is C16H25N. The number of hydrogen-bond acceptors (Lipinski definition) is 1. The lowest BCUT2D eigenvalue weighted by molar-refractivity contribution is 0.392. The van der Waals surface area contributed by atoms with E-state index in [0.717, 1.165) is 12.5 Å². The Morgan fingerprint density at radius 2 is 2.12 bits per heavy atom. The molecule has 0 saturated heterocycles. The van der Waals surface area contributed by atoms with Gasteiger partial charge in [-0.2, -0.15) is 0 Å². The number of likely N-dealkylation sites (N-methyl/N-ethyl adjacent to an activating group) is 1. The maximum atomic E-state index is 3.36. The predicted octanol–water partition coefficient (Wildman–Crippen LogP) is 3.70. The van der Waals surface area contributed by atoms with Crippen LogP contribution < -0.4 is 5.32 Å². The standard InChI is InChI=1S/C16H25N/c1-11(2)14-8-7-13-6-5-12(3)16(10-17-4)15(13)9-14/h7-9,11-12,16-17H,5-6,10H2,1-4H3. The third kappa shape index (κ3) is 2.55. The van der Waals surface area contributed by atoms with Gasteiger partial charge < -0.3 is 5.32 Å². The first-order valence-corrected chi connectivity index (χ1v) is 6.90. The molecule has 0 fully saturated rings. The summed E-state index contributed by atoms with van der Waals surface area (Å²) in [5.74, 6) is 2.13. The molecule has 1 heteroatoms. The van der Waals surface area contributed by atoms with E-state index in [0.29, 0.717) is 11.8 Å². The molecule has 1 aliphatic carbocycles. The second-order valence-corrected chi connectivity index (χ2v) is 5.79. The van der Waals surface area contributed by atoms with Gasteiger partial charge in [0.1, 0.15) is 0 Å². The Kier molecular flexibility index (Phi) is 3.88. The number of benzene rings is 1. The highest BCUT2D eigenvalue weighted by atomic mass is 14.8. The first-order valence-electron chi connectivity index (χ1n) is 6.90. The third-order valence-corrected chi connectivity index (χ3v) is 4.22. The van der Waals surface area contributed by atoms with Gasteiger partial charge in [0, 0.05) is 6.54 Å². The Labute approximate surface area is 106 Å². The van der Waals surface area contributed by atoms with E-state index in [4.69, 9.17) is 0 Å². The Hall–Kier alpha value is -0.820. The van der Waals surface area contributed by atoms with Crippen molar-refractivity contribution >= 4 is 0 Å². The zero-order valence-electron chi connectivity index (χ0n) is 11.6. The molecule has 1 aromatic carbocycles. The molecule has 0 aliphatic heterocycles. The lowest BCUT2D eigenvalue weighted by atomic mass is 9.75. The maximum absolute atomic E-state index is 3.36. The lowest BCUT2D eigenvalue weighted by Gasteiger charge is -2.32. The van der Waals surface area contributed by atoms with Gasteiger partial charge in [0.15, 0.2) is 0 Å². The highest BCUT2D eigenvalue weighted by molar-refractivity contribution is 5.38. The first kappa shape index (κ1) is 12.6. The van der Waals surface area contributed by atoms with E-state index in [1.165, 1.54) is 18.4 Å². The average Bonchev–Trinajstić information content (AvgIpc) is 2.32. The van der Waals surface area contributed by atoms with Crippen molar-refractivity contribution in [3.8, 4) is 0 Å². The molecule has 0 aromatic heterocycles. The number of rotatable bonds is 3. The van der Waals surface area contributed by atoms with E-state index >= 15 is 0 Å². The minimum atomic E-state index is 0.632. The second-order valence-electron chi connectivity index (χ2n) is 5.79. The molecule has 0 spiro atoms. The molecule has 1 nitrogen and oxygen atoms in total. The van der Waals surface area contributed by atoms with Crippen molar-refractivity contribution in [3.63, 3.8) is 0 Å². The fourth-order valence-corrected chi connectivity index (χ4v) is 2.97. The van der Waals surface area contributed by atoms with Crippen molar-refractivity contribution in [2.24, 2.45) is 5.92 Å². The van der Waals surface area contributed by atoms with Crippen LogP contribution in [0.15, 0.2) is 18.2 Å². The van der Waals surface area contributed by atoms with Crippen LogP contribution in [0.5, 0.6) is 0 Å². The molecule has 1 aliphatic rings. The van der Waals surface area contributed by atoms with Crippen LogP contribution in [0.4, 0.5) is 0 Å². The maximum Gasteiger partial charge on any atom is 0.00198 e. The molecule has 1 aromatic rings. The molecule has 1 N–H and O–H groups in total. The normalized spacial score (nSPS) is 23.8. The van der Waals surface area contributed by atoms with Crippen LogP contribution in [0.2, 0.25) is 0 Å². The summed E-state index contributed by atoms with van der Waals surface area (Å²) in [5.41, 5.74) is 4.66. The quantitative estimate of drug-likeness (QED) is 0.836. The van der Waals surface area contributed by atoms with Gasteiger partial charge in [-0.05, 0) is 54.3 Å². The topological polar surface area (TPSA) is 12.0 Å². The van der Waals surface area contributed by atoms with E-state index in [9.17, 15) is 0 Å². The molecule has 2 unspecified atom stereocenters. The Bertz CT molecular complexity index is 381. The Balaban J connectivity index is 2.37. The summed E-state index contributed by atoms with van der Waals surface area (Å²) in [6.45, 7) is 8.06. The minimum Gasteiger partial charge on any atom is -0.319 e. The van der Waals surface area contributed by atoms with Gasteiger partial charge >= 0.3 is 0 Å². The fourth-order valence-electron chi connectivity index (χ4n) is 2.97. The number of fused-ring (bicyclic) bond motifs is 1. The predicted molar refractivity (Wildman–Crippen MR) is 74.7 cm³/mol. The van der Waals surface area contributed by atoms with Gasteiger partial charge in [0.25, 0.3) is 0 Å². The van der Waals surface area contributed by atoms with Crippen LogP contribution in [0.1, 0.15) is 55.7 Å². The summed E-state index contributed by atoms with van der Waals surface area (Å²) >= 11 is 0. The van der Waals surface area contributed by atoms with E-state index in [2.05, 4.69) is 51.3 Å². The highest BCUT2D eigenvalue weighted by Gasteiger charge is 2.26. The van der Waals surface area contributed by atoms with E-state index in [1.54, 1.807) is 11.1 Å². The molecule has 2 rings (SSSR count). The lowest BCUT2D eigenvalue weighted by Crippen LogP contribution is -2.27. The summed E-state index contributed by atoms with van der Waals surface area (Å²) in [6, 6.07) is 7.13. The first-order chi connectivity index (χ1) is 8.13. The summed E-state index contributed by atoms with van der Waals surface area (Å²) in [4.78, 5) is 0. The molecule has 17 heavy (non-hydrogen) atoms. The van der Waals surface area contributed by atoms with Crippen molar-refractivity contribution in [1.82, 2.24) is 5.32 Å². The summed E-state index contributed by atoms with van der Waals surface area (Å²) < 4.78 is 0. The minimum absolute atomic E-state index is 0.632. The van der Waals surface area contributed by atoms with Gasteiger partial charge in [-0.3, -0.25) is 0 Å². The molecule has 2 atom stereocenters. The smallest absolute Gasteiger partial charge is 0.00198 e. The Morgan fingerprint density at radius 1 is 1.35 bits per heavy atom. The SMILES string of the molecule is CNCC1c2cc(C(C)C)ccc2CCC1C. The van der Waals surface area contributed by atoms with E-state index in [-0.39, 0.29) is 0 Å². The van der Waals surface area contributed by atoms with Crippen LogP contribution >= 0.6 is 0 Å². The Morgan fingerprint density at radius 3 is 2.76 bits per heavy atom. The van der Waals surface area contributed by atoms with Crippen molar-refractivity contribution < 1.29 is 0 Å². The average molecular weight is 231 g/mol. The zero-order valence-corrected chi connectivity index (χ0v) is 11.6. The molecule has 94 valence electrons. The van der Waals surface area contributed by atoms with Crippen LogP contribution in [-0.2, 0) is 6.42 Å². The van der Waals surface area contributed by atoms with E-state index in [1.807, 2.05) is 0 Å². The number of nitrogens with one attached hydrogen (secondary N) is 1. The van der Waals surface area contributed by atoms with Gasteiger partial charge in [0.2, 0.25) is 0 Å². The monoisotopic (exact) mass is 231 g/mol. The van der Waals surface area contributed by atoms with Crippen LogP contribution in [0, 0.1) is 5.92 Å². The molecule has 0 saturated carbocycles. The molecule has 0 heterocycles. The molecule has 0 radical (unpaired) electrons. The molecule has 0 bridgehead atoms. The van der Waals surface area contributed by atoms with Crippen LogP contribution in [-0.4, -0.2) is 13.6 Å². The van der Waals surface area contributed by atoms with E-state index < -0.39 is 0 Å².